The average Bonchev–Trinajstić information content (AvgIpc) is 3.03. The zero-order valence-electron chi connectivity index (χ0n) is 19.1. The van der Waals surface area contributed by atoms with Gasteiger partial charge in [-0.15, -0.1) is 0 Å². The summed E-state index contributed by atoms with van der Waals surface area (Å²) in [6.45, 7) is 3.18. The van der Waals surface area contributed by atoms with Crippen LogP contribution < -0.4 is 5.32 Å². The molecule has 1 aromatic carbocycles. The highest BCUT2D eigenvalue weighted by molar-refractivity contribution is 6.04. The van der Waals surface area contributed by atoms with Gasteiger partial charge < -0.3 is 15.1 Å². The summed E-state index contributed by atoms with van der Waals surface area (Å²) in [5.41, 5.74) is 1.69. The van der Waals surface area contributed by atoms with E-state index >= 15 is 0 Å². The second kappa shape index (κ2) is 10.6. The predicted molar refractivity (Wildman–Crippen MR) is 125 cm³/mol. The highest BCUT2D eigenvalue weighted by Crippen LogP contribution is 2.29. The van der Waals surface area contributed by atoms with Crippen molar-refractivity contribution in [2.75, 3.05) is 25.0 Å². The third kappa shape index (κ3) is 5.56. The average molecular weight is 450 g/mol. The number of likely N-dealkylation sites (tertiary alicyclic amines) is 2. The highest BCUT2D eigenvalue weighted by Gasteiger charge is 2.32. The maximum atomic E-state index is 13.2. The molecule has 2 aromatic rings. The lowest BCUT2D eigenvalue weighted by Crippen LogP contribution is -2.46. The number of nitrogens with one attached hydrogen (secondary N) is 1. The molecular formula is C25H31N5O3. The first-order valence-electron chi connectivity index (χ1n) is 11.8. The molecule has 3 amide bonds. The van der Waals surface area contributed by atoms with Gasteiger partial charge in [0.15, 0.2) is 5.82 Å². The summed E-state index contributed by atoms with van der Waals surface area (Å²) >= 11 is 0. The number of anilines is 1. The predicted octanol–water partition coefficient (Wildman–Crippen LogP) is 3.49. The maximum Gasteiger partial charge on any atom is 0.259 e. The number of hydrogen-bond acceptors (Lipinski definition) is 5. The maximum absolute atomic E-state index is 13.2. The molecule has 1 aromatic heterocycles. The van der Waals surface area contributed by atoms with Gasteiger partial charge in [0.1, 0.15) is 0 Å². The Morgan fingerprint density at radius 1 is 1.06 bits per heavy atom. The number of carbonyl (C=O) groups excluding carboxylic acids is 3. The minimum absolute atomic E-state index is 0.0536. The second-order valence-electron chi connectivity index (χ2n) is 8.77. The van der Waals surface area contributed by atoms with E-state index in [1.165, 1.54) is 0 Å². The van der Waals surface area contributed by atoms with Crippen molar-refractivity contribution in [3.63, 3.8) is 0 Å². The van der Waals surface area contributed by atoms with Crippen LogP contribution in [-0.4, -0.2) is 57.1 Å². The smallest absolute Gasteiger partial charge is 0.259 e. The summed E-state index contributed by atoms with van der Waals surface area (Å²) in [5.74, 6) is 0.304. The van der Waals surface area contributed by atoms with E-state index in [4.69, 9.17) is 0 Å². The molecule has 8 nitrogen and oxygen atoms in total. The van der Waals surface area contributed by atoms with E-state index in [1.54, 1.807) is 18.0 Å². The van der Waals surface area contributed by atoms with Crippen LogP contribution in [0.5, 0.6) is 0 Å². The van der Waals surface area contributed by atoms with Crippen molar-refractivity contribution in [3.8, 4) is 0 Å². The van der Waals surface area contributed by atoms with Crippen molar-refractivity contribution >= 4 is 23.4 Å². The Kier molecular flexibility index (Phi) is 7.32. The van der Waals surface area contributed by atoms with Gasteiger partial charge in [0.2, 0.25) is 11.8 Å². The SMILES string of the molecule is Cc1nc([C@H]2CCCCN2C(=O)CN2CCCCCC2=O)ncc1C(=O)Nc1ccccc1. The van der Waals surface area contributed by atoms with Crippen molar-refractivity contribution in [1.82, 2.24) is 19.8 Å². The molecule has 0 unspecified atom stereocenters. The van der Waals surface area contributed by atoms with E-state index in [2.05, 4.69) is 15.3 Å². The molecule has 1 N–H and O–H groups in total. The van der Waals surface area contributed by atoms with Gasteiger partial charge in [-0.05, 0) is 51.2 Å². The molecule has 0 saturated carbocycles. The molecule has 174 valence electrons. The molecule has 4 rings (SSSR count). The lowest BCUT2D eigenvalue weighted by Gasteiger charge is -2.36. The summed E-state index contributed by atoms with van der Waals surface area (Å²) in [6.07, 6.45) is 7.61. The first kappa shape index (κ1) is 22.9. The molecule has 2 fully saturated rings. The van der Waals surface area contributed by atoms with Crippen molar-refractivity contribution in [2.24, 2.45) is 0 Å². The number of piperidine rings is 1. The molecule has 0 aliphatic carbocycles. The number of para-hydroxylation sites is 1. The fourth-order valence-electron chi connectivity index (χ4n) is 4.55. The Labute approximate surface area is 194 Å². The first-order valence-corrected chi connectivity index (χ1v) is 11.8. The molecule has 33 heavy (non-hydrogen) atoms. The van der Waals surface area contributed by atoms with E-state index in [1.807, 2.05) is 35.2 Å². The van der Waals surface area contributed by atoms with E-state index in [0.717, 1.165) is 38.5 Å². The monoisotopic (exact) mass is 449 g/mol. The minimum Gasteiger partial charge on any atom is -0.333 e. The van der Waals surface area contributed by atoms with Gasteiger partial charge in [-0.1, -0.05) is 24.6 Å². The molecule has 8 heteroatoms. The fourth-order valence-corrected chi connectivity index (χ4v) is 4.55. The van der Waals surface area contributed by atoms with E-state index in [-0.39, 0.29) is 30.3 Å². The number of rotatable bonds is 5. The van der Waals surface area contributed by atoms with Crippen LogP contribution in [-0.2, 0) is 9.59 Å². The van der Waals surface area contributed by atoms with Crippen molar-refractivity contribution in [1.29, 1.82) is 0 Å². The molecule has 2 aliphatic rings. The van der Waals surface area contributed by atoms with Crippen molar-refractivity contribution in [2.45, 2.75) is 57.9 Å². The normalized spacial score (nSPS) is 19.2. The Morgan fingerprint density at radius 3 is 2.64 bits per heavy atom. The first-order chi connectivity index (χ1) is 16.0. The Balaban J connectivity index is 1.48. The summed E-state index contributed by atoms with van der Waals surface area (Å²) in [5, 5.41) is 2.86. The molecule has 1 atom stereocenters. The number of carbonyl (C=O) groups is 3. The fraction of sp³-hybridized carbons (Fsp3) is 0.480. The summed E-state index contributed by atoms with van der Waals surface area (Å²) in [6, 6.07) is 9.01. The van der Waals surface area contributed by atoms with Gasteiger partial charge in [-0.2, -0.15) is 0 Å². The van der Waals surface area contributed by atoms with Gasteiger partial charge >= 0.3 is 0 Å². The van der Waals surface area contributed by atoms with Crippen LogP contribution in [0.1, 0.15) is 72.9 Å². The van der Waals surface area contributed by atoms with Crippen LogP contribution in [0, 0.1) is 6.92 Å². The van der Waals surface area contributed by atoms with Crippen LogP contribution in [0.4, 0.5) is 5.69 Å². The van der Waals surface area contributed by atoms with Gasteiger partial charge in [0.25, 0.3) is 5.91 Å². The second-order valence-corrected chi connectivity index (χ2v) is 8.77. The molecule has 2 aliphatic heterocycles. The molecular weight excluding hydrogens is 418 g/mol. The van der Waals surface area contributed by atoms with Gasteiger partial charge in [0.05, 0.1) is 23.8 Å². The van der Waals surface area contributed by atoms with Crippen LogP contribution in [0.2, 0.25) is 0 Å². The molecule has 2 saturated heterocycles. The third-order valence-corrected chi connectivity index (χ3v) is 6.39. The Morgan fingerprint density at radius 2 is 1.85 bits per heavy atom. The number of amides is 3. The molecule has 3 heterocycles. The molecule has 0 spiro atoms. The van der Waals surface area contributed by atoms with Gasteiger partial charge in [0, 0.05) is 31.4 Å². The van der Waals surface area contributed by atoms with Crippen molar-refractivity contribution < 1.29 is 14.4 Å². The van der Waals surface area contributed by atoms with Crippen LogP contribution >= 0.6 is 0 Å². The quantitative estimate of drug-likeness (QED) is 0.754. The van der Waals surface area contributed by atoms with Crippen LogP contribution in [0.3, 0.4) is 0 Å². The summed E-state index contributed by atoms with van der Waals surface area (Å²) < 4.78 is 0. The Hall–Kier alpha value is -3.29. The van der Waals surface area contributed by atoms with Gasteiger partial charge in [-0.3, -0.25) is 14.4 Å². The summed E-state index contributed by atoms with van der Waals surface area (Å²) in [4.78, 5) is 50.8. The van der Waals surface area contributed by atoms with Crippen molar-refractivity contribution in [3.05, 3.63) is 53.6 Å². The van der Waals surface area contributed by atoms with Crippen LogP contribution in [0.15, 0.2) is 36.5 Å². The van der Waals surface area contributed by atoms with Gasteiger partial charge in [-0.25, -0.2) is 9.97 Å². The van der Waals surface area contributed by atoms with Crippen LogP contribution in [0.25, 0.3) is 0 Å². The lowest BCUT2D eigenvalue weighted by atomic mass is 10.0. The lowest BCUT2D eigenvalue weighted by molar-refractivity contribution is -0.142. The Bertz CT molecular complexity index is 1010. The largest absolute Gasteiger partial charge is 0.333 e. The number of benzene rings is 1. The van der Waals surface area contributed by atoms with E-state index < -0.39 is 0 Å². The molecule has 0 radical (unpaired) electrons. The zero-order chi connectivity index (χ0) is 23.2. The molecule has 0 bridgehead atoms. The summed E-state index contributed by atoms with van der Waals surface area (Å²) in [7, 11) is 0. The standard InChI is InChI=1S/C25H31N5O3/c1-18-20(25(33)28-19-10-4-2-5-11-19)16-26-24(27-18)21-12-7-9-15-30(21)23(32)17-29-14-8-3-6-13-22(29)31/h2,4-5,10-11,16,21H,3,6-9,12-15,17H2,1H3,(H,28,33)/t21-/m1/s1. The van der Waals surface area contributed by atoms with E-state index in [9.17, 15) is 14.4 Å². The third-order valence-electron chi connectivity index (χ3n) is 6.39. The zero-order valence-corrected chi connectivity index (χ0v) is 19.1. The topological polar surface area (TPSA) is 95.5 Å². The number of nitrogens with zero attached hydrogens (tertiary/aromatic N) is 4. The number of hydrogen-bond donors (Lipinski definition) is 1. The minimum atomic E-state index is -0.262. The van der Waals surface area contributed by atoms with E-state index in [0.29, 0.717) is 42.3 Å². The number of aromatic nitrogens is 2. The highest BCUT2D eigenvalue weighted by atomic mass is 16.2. The number of aryl methyl sites for hydroxylation is 1.